The zero-order valence-electron chi connectivity index (χ0n) is 10.7. The summed E-state index contributed by atoms with van der Waals surface area (Å²) in [6, 6.07) is 8.83. The van der Waals surface area contributed by atoms with E-state index in [2.05, 4.69) is 57.1 Å². The average molecular weight is 218 g/mol. The van der Waals surface area contributed by atoms with Gasteiger partial charge in [-0.15, -0.1) is 0 Å². The van der Waals surface area contributed by atoms with E-state index in [-0.39, 0.29) is 11.0 Å². The fraction of sp³-hybridized carbons (Fsp3) is 0.571. The van der Waals surface area contributed by atoms with Crippen LogP contribution in [0, 0.1) is 0 Å². The lowest BCUT2D eigenvalue weighted by atomic mass is 9.79. The number of hydrogen-bond acceptors (Lipinski definition) is 2. The van der Waals surface area contributed by atoms with E-state index in [1.54, 1.807) is 0 Å². The minimum absolute atomic E-state index is 0.118. The molecule has 2 nitrogen and oxygen atoms in total. The van der Waals surface area contributed by atoms with E-state index in [0.717, 1.165) is 0 Å². The Labute approximate surface area is 98.4 Å². The van der Waals surface area contributed by atoms with Crippen LogP contribution in [0.1, 0.15) is 32.3 Å². The van der Waals surface area contributed by atoms with E-state index in [9.17, 15) is 0 Å². The molecule has 0 spiro atoms. The minimum atomic E-state index is -0.118. The molecular weight excluding hydrogens is 196 g/mol. The van der Waals surface area contributed by atoms with Gasteiger partial charge in [-0.2, -0.15) is 0 Å². The maximum Gasteiger partial charge on any atom is 0.0361 e. The molecule has 1 saturated carbocycles. The van der Waals surface area contributed by atoms with Crippen molar-refractivity contribution in [1.29, 1.82) is 0 Å². The van der Waals surface area contributed by atoms with Gasteiger partial charge in [-0.3, -0.25) is 0 Å². The summed E-state index contributed by atoms with van der Waals surface area (Å²) in [4.78, 5) is 2.12. The lowest BCUT2D eigenvalue weighted by Crippen LogP contribution is -2.45. The number of anilines is 1. The predicted molar refractivity (Wildman–Crippen MR) is 69.9 cm³/mol. The molecule has 0 amide bonds. The van der Waals surface area contributed by atoms with Crippen molar-refractivity contribution in [3.63, 3.8) is 0 Å². The normalized spacial score (nSPS) is 18.3. The van der Waals surface area contributed by atoms with Crippen molar-refractivity contribution in [2.24, 2.45) is 5.73 Å². The molecule has 2 heteroatoms. The fourth-order valence-corrected chi connectivity index (χ4v) is 2.51. The molecule has 1 aliphatic carbocycles. The largest absolute Gasteiger partial charge is 0.378 e. The van der Waals surface area contributed by atoms with E-state index < -0.39 is 0 Å². The number of nitrogens with zero attached hydrogens (tertiary/aromatic N) is 1. The van der Waals surface area contributed by atoms with Gasteiger partial charge >= 0.3 is 0 Å². The van der Waals surface area contributed by atoms with Gasteiger partial charge in [0.15, 0.2) is 0 Å². The SMILES string of the molecule is CN(C)c1ccc(C2(C(C)(C)N)CC2)cc1. The molecular formula is C14H22N2. The highest BCUT2D eigenvalue weighted by molar-refractivity contribution is 5.49. The monoisotopic (exact) mass is 218 g/mol. The Kier molecular flexibility index (Phi) is 2.50. The lowest BCUT2D eigenvalue weighted by Gasteiger charge is -2.31. The number of benzene rings is 1. The van der Waals surface area contributed by atoms with Crippen LogP contribution in [0.5, 0.6) is 0 Å². The Morgan fingerprint density at radius 2 is 1.62 bits per heavy atom. The third-order valence-electron chi connectivity index (χ3n) is 3.92. The minimum Gasteiger partial charge on any atom is -0.378 e. The van der Waals surface area contributed by atoms with Crippen LogP contribution in [0.2, 0.25) is 0 Å². The molecule has 1 aromatic rings. The standard InChI is InChI=1S/C14H22N2/c1-13(2,15)14(9-10-14)11-5-7-12(8-6-11)16(3)4/h5-8H,9-10,15H2,1-4H3. The molecule has 0 radical (unpaired) electrons. The summed E-state index contributed by atoms with van der Waals surface area (Å²) in [7, 11) is 4.13. The Morgan fingerprint density at radius 1 is 1.12 bits per heavy atom. The first-order chi connectivity index (χ1) is 7.37. The molecule has 16 heavy (non-hydrogen) atoms. The highest BCUT2D eigenvalue weighted by atomic mass is 15.1. The van der Waals surface area contributed by atoms with E-state index in [1.165, 1.54) is 24.1 Å². The third-order valence-corrected chi connectivity index (χ3v) is 3.92. The average Bonchev–Trinajstić information content (AvgIpc) is 2.97. The number of hydrogen-bond donors (Lipinski definition) is 1. The van der Waals surface area contributed by atoms with Gasteiger partial charge in [-0.05, 0) is 44.4 Å². The zero-order chi connectivity index (χ0) is 12.0. The van der Waals surface area contributed by atoms with Crippen LogP contribution in [0.15, 0.2) is 24.3 Å². The maximum atomic E-state index is 6.30. The first kappa shape index (κ1) is 11.5. The molecule has 1 fully saturated rings. The van der Waals surface area contributed by atoms with Crippen molar-refractivity contribution >= 4 is 5.69 Å². The van der Waals surface area contributed by atoms with Crippen molar-refractivity contribution in [3.05, 3.63) is 29.8 Å². The third kappa shape index (κ3) is 1.71. The van der Waals surface area contributed by atoms with Crippen molar-refractivity contribution in [2.75, 3.05) is 19.0 Å². The molecule has 0 bridgehead atoms. The molecule has 0 atom stereocenters. The summed E-state index contributed by atoms with van der Waals surface area (Å²) in [5.41, 5.74) is 9.04. The molecule has 0 heterocycles. The molecule has 1 aliphatic rings. The zero-order valence-corrected chi connectivity index (χ0v) is 10.7. The molecule has 0 aliphatic heterocycles. The number of nitrogens with two attached hydrogens (primary N) is 1. The summed E-state index contributed by atoms with van der Waals surface area (Å²) in [5.74, 6) is 0. The van der Waals surface area contributed by atoms with E-state index in [0.29, 0.717) is 0 Å². The van der Waals surface area contributed by atoms with Crippen LogP contribution >= 0.6 is 0 Å². The van der Waals surface area contributed by atoms with Crippen molar-refractivity contribution in [2.45, 2.75) is 37.6 Å². The van der Waals surface area contributed by atoms with Crippen molar-refractivity contribution < 1.29 is 0 Å². The van der Waals surface area contributed by atoms with Crippen LogP contribution < -0.4 is 10.6 Å². The van der Waals surface area contributed by atoms with Crippen LogP contribution in [-0.2, 0) is 5.41 Å². The van der Waals surface area contributed by atoms with Gasteiger partial charge < -0.3 is 10.6 Å². The van der Waals surface area contributed by atoms with E-state index in [1.807, 2.05) is 0 Å². The van der Waals surface area contributed by atoms with Gasteiger partial charge in [0, 0.05) is 30.7 Å². The Balaban J connectivity index is 2.29. The predicted octanol–water partition coefficient (Wildman–Crippen LogP) is 2.52. The van der Waals surface area contributed by atoms with Gasteiger partial charge in [0.1, 0.15) is 0 Å². The Hall–Kier alpha value is -1.02. The molecule has 2 rings (SSSR count). The first-order valence-electron chi connectivity index (χ1n) is 5.94. The quantitative estimate of drug-likeness (QED) is 0.844. The molecule has 0 aromatic heterocycles. The highest BCUT2D eigenvalue weighted by Crippen LogP contribution is 2.54. The molecule has 0 saturated heterocycles. The van der Waals surface area contributed by atoms with Gasteiger partial charge in [0.05, 0.1) is 0 Å². The van der Waals surface area contributed by atoms with E-state index >= 15 is 0 Å². The summed E-state index contributed by atoms with van der Waals surface area (Å²) in [5, 5.41) is 0. The first-order valence-corrected chi connectivity index (χ1v) is 5.94. The second kappa shape index (κ2) is 3.49. The number of rotatable bonds is 3. The molecule has 1 aromatic carbocycles. The molecule has 88 valence electrons. The van der Waals surface area contributed by atoms with Crippen molar-refractivity contribution in [3.8, 4) is 0 Å². The Bertz CT molecular complexity index is 367. The van der Waals surface area contributed by atoms with Crippen LogP contribution in [0.3, 0.4) is 0 Å². The topological polar surface area (TPSA) is 29.3 Å². The van der Waals surface area contributed by atoms with Gasteiger partial charge in [0.2, 0.25) is 0 Å². The van der Waals surface area contributed by atoms with Gasteiger partial charge in [-0.25, -0.2) is 0 Å². The fourth-order valence-electron chi connectivity index (χ4n) is 2.51. The maximum absolute atomic E-state index is 6.30. The summed E-state index contributed by atoms with van der Waals surface area (Å²) < 4.78 is 0. The summed E-state index contributed by atoms with van der Waals surface area (Å²) in [6.07, 6.45) is 2.44. The second-order valence-corrected chi connectivity index (χ2v) is 5.75. The highest BCUT2D eigenvalue weighted by Gasteiger charge is 2.53. The molecule has 0 unspecified atom stereocenters. The lowest BCUT2D eigenvalue weighted by molar-refractivity contribution is 0.391. The van der Waals surface area contributed by atoms with Crippen LogP contribution in [0.25, 0.3) is 0 Å². The molecule has 2 N–H and O–H groups in total. The second-order valence-electron chi connectivity index (χ2n) is 5.75. The smallest absolute Gasteiger partial charge is 0.0361 e. The van der Waals surface area contributed by atoms with Crippen LogP contribution in [-0.4, -0.2) is 19.6 Å². The van der Waals surface area contributed by atoms with Gasteiger partial charge in [0.25, 0.3) is 0 Å². The van der Waals surface area contributed by atoms with Crippen LogP contribution in [0.4, 0.5) is 5.69 Å². The summed E-state index contributed by atoms with van der Waals surface area (Å²) in [6.45, 7) is 4.28. The summed E-state index contributed by atoms with van der Waals surface area (Å²) >= 11 is 0. The van der Waals surface area contributed by atoms with Gasteiger partial charge in [-0.1, -0.05) is 12.1 Å². The van der Waals surface area contributed by atoms with E-state index in [4.69, 9.17) is 5.73 Å². The Morgan fingerprint density at radius 3 is 1.94 bits per heavy atom. The van der Waals surface area contributed by atoms with Crippen molar-refractivity contribution in [1.82, 2.24) is 0 Å².